The van der Waals surface area contributed by atoms with E-state index in [2.05, 4.69) is 35.1 Å². The number of ether oxygens (including phenoxy) is 18. The highest BCUT2D eigenvalue weighted by molar-refractivity contribution is 5.76. The fourth-order valence-electron chi connectivity index (χ4n) is 19.4. The second-order valence-electron chi connectivity index (χ2n) is 39.1. The highest BCUT2D eigenvalue weighted by atomic mass is 16.8. The molecule has 9 rings (SSSR count). The summed E-state index contributed by atoms with van der Waals surface area (Å²) in [5.74, 6) is -3.35. The largest absolute Gasteiger partial charge is 0.394 e. The summed E-state index contributed by atoms with van der Waals surface area (Å²) >= 11 is 0. The molecule has 47 atom stereocenters. The molecule has 0 saturated carbocycles. The summed E-state index contributed by atoms with van der Waals surface area (Å²) in [7, 11) is 0. The molecule has 9 fully saturated rings. The molecule has 4 amide bonds. The van der Waals surface area contributed by atoms with E-state index in [1.165, 1.54) is 96.5 Å². The summed E-state index contributed by atoms with van der Waals surface area (Å²) in [5, 5.41) is 295. The van der Waals surface area contributed by atoms with Crippen LogP contribution in [0.1, 0.15) is 208 Å². The first-order valence-electron chi connectivity index (χ1n) is 51.4. The zero-order valence-electron chi connectivity index (χ0n) is 83.2. The highest BCUT2D eigenvalue weighted by Gasteiger charge is 2.62. The number of aliphatic hydroxyl groups excluding tert-OH is 25. The molecule has 51 heteroatoms. The zero-order valence-corrected chi connectivity index (χ0v) is 83.2. The molecule has 51 nitrogen and oxygen atoms in total. The third kappa shape index (κ3) is 34.4. The molecule has 145 heavy (non-hydrogen) atoms. The lowest BCUT2D eigenvalue weighted by atomic mass is 9.93. The van der Waals surface area contributed by atoms with Gasteiger partial charge in [-0.15, -0.1) is 0 Å². The van der Waals surface area contributed by atoms with Gasteiger partial charge in [0.05, 0.1) is 77.7 Å². The first-order chi connectivity index (χ1) is 69.3. The topological polar surface area (TPSA) is 788 Å². The number of rotatable bonds is 59. The van der Waals surface area contributed by atoms with Gasteiger partial charge >= 0.3 is 0 Å². The van der Waals surface area contributed by atoms with Gasteiger partial charge in [-0.1, -0.05) is 167 Å². The maximum Gasteiger partial charge on any atom is 0.220 e. The molecule has 844 valence electrons. The SMILES string of the molecule is CCCCCCCCCCCCC/C=C/[C@@H](O)[C@H](CO[C@@H]1OC(CO)[C@@H](O[C@@H]2OC(CO)[C@H](O)[C@H](O[C@@H]3OC(CO)[C@@H](O)[C@H](O[C@@H]4OC(CO[C@@H]5OC(CO)[C@@H](O[C@@H]6OC(CO)[C@H](O)[C@H](O)C6O)[C@H](O)C5NC(C)=O)[C@H](O)[C@H](O[C@@H]5OC(CO)[C@@H](O)[C@H](O[C@@H]6OC(CO)[C@H](O)[C@H](O)C6O[C@H]6OC(C)[C@@H](O)C(O)[C@@H]6O)C5NC(C)=O)C4O)C3NC(C)=O)C2O)[C@H](O)C1O)NC(=O)CCCCCCCCCCCCCCC. The van der Waals surface area contributed by atoms with Crippen LogP contribution in [0.5, 0.6) is 0 Å². The lowest BCUT2D eigenvalue weighted by molar-refractivity contribution is -0.392. The first kappa shape index (κ1) is 124. The van der Waals surface area contributed by atoms with Crippen molar-refractivity contribution in [2.45, 2.75) is 497 Å². The summed E-state index contributed by atoms with van der Waals surface area (Å²) in [5.41, 5.74) is 0. The second kappa shape index (κ2) is 62.4. The molecule has 0 bridgehead atoms. The Morgan fingerprint density at radius 1 is 0.290 bits per heavy atom. The molecule has 29 N–H and O–H groups in total. The van der Waals surface area contributed by atoms with Crippen LogP contribution in [0.15, 0.2) is 12.2 Å². The highest BCUT2D eigenvalue weighted by Crippen LogP contribution is 2.41. The smallest absolute Gasteiger partial charge is 0.220 e. The van der Waals surface area contributed by atoms with Crippen LogP contribution in [0.2, 0.25) is 0 Å². The van der Waals surface area contributed by atoms with E-state index in [1.54, 1.807) is 0 Å². The Hall–Kier alpha value is -4.10. The van der Waals surface area contributed by atoms with Crippen LogP contribution >= 0.6 is 0 Å². The normalized spacial score (nSPS) is 41.0. The Morgan fingerprint density at radius 3 is 1.06 bits per heavy atom. The van der Waals surface area contributed by atoms with Gasteiger partial charge in [0.15, 0.2) is 56.6 Å². The lowest BCUT2D eigenvalue weighted by Crippen LogP contribution is -2.71. The van der Waals surface area contributed by atoms with E-state index in [0.29, 0.717) is 12.8 Å². The van der Waals surface area contributed by atoms with Crippen molar-refractivity contribution < 1.29 is 232 Å². The van der Waals surface area contributed by atoms with Gasteiger partial charge in [0, 0.05) is 27.2 Å². The molecule has 9 aliphatic heterocycles. The van der Waals surface area contributed by atoms with Crippen molar-refractivity contribution in [2.24, 2.45) is 0 Å². The molecule has 0 aromatic rings. The van der Waals surface area contributed by atoms with Crippen LogP contribution in [0.4, 0.5) is 0 Å². The summed E-state index contributed by atoms with van der Waals surface area (Å²) in [4.78, 5) is 54.0. The Labute approximate surface area is 842 Å². The van der Waals surface area contributed by atoms with Crippen LogP contribution in [0, 0.1) is 0 Å². The second-order valence-corrected chi connectivity index (χ2v) is 39.1. The number of carbonyl (C=O) groups is 4. The lowest BCUT2D eigenvalue weighted by Gasteiger charge is -2.51. The summed E-state index contributed by atoms with van der Waals surface area (Å²) in [6, 6.07) is -7.15. The van der Waals surface area contributed by atoms with Crippen LogP contribution in [-0.4, -0.2) is 499 Å². The van der Waals surface area contributed by atoms with Gasteiger partial charge in [-0.3, -0.25) is 19.2 Å². The van der Waals surface area contributed by atoms with E-state index in [4.69, 9.17) is 85.3 Å². The predicted molar refractivity (Wildman–Crippen MR) is 493 cm³/mol. The maximum atomic E-state index is 13.7. The van der Waals surface area contributed by atoms with Gasteiger partial charge in [0.1, 0.15) is 213 Å². The maximum absolute atomic E-state index is 13.7. The monoisotopic (exact) mass is 2100 g/mol. The quantitative estimate of drug-likeness (QED) is 0.0199. The minimum absolute atomic E-state index is 0.122. The molecule has 0 radical (unpaired) electrons. The number of hydrogen-bond acceptors (Lipinski definition) is 47. The molecule has 18 unspecified atom stereocenters. The fourth-order valence-corrected chi connectivity index (χ4v) is 19.4. The van der Waals surface area contributed by atoms with Gasteiger partial charge in [0.25, 0.3) is 0 Å². The van der Waals surface area contributed by atoms with Gasteiger partial charge < -0.3 is 234 Å². The van der Waals surface area contributed by atoms with Crippen molar-refractivity contribution in [1.82, 2.24) is 21.3 Å². The minimum Gasteiger partial charge on any atom is -0.394 e. The molecular weight excluding hydrogens is 1940 g/mol. The Kier molecular flexibility index (Phi) is 53.6. The van der Waals surface area contributed by atoms with Crippen LogP contribution < -0.4 is 21.3 Å². The van der Waals surface area contributed by atoms with E-state index in [9.17, 15) is 147 Å². The molecule has 0 aromatic carbocycles. The molecule has 9 heterocycles. The molecule has 9 saturated heterocycles. The van der Waals surface area contributed by atoms with E-state index < -0.39 is 371 Å². The first-order valence-corrected chi connectivity index (χ1v) is 51.4. The van der Waals surface area contributed by atoms with E-state index in [-0.39, 0.29) is 6.42 Å². The third-order valence-corrected chi connectivity index (χ3v) is 27.9. The summed E-state index contributed by atoms with van der Waals surface area (Å²) < 4.78 is 109. The van der Waals surface area contributed by atoms with Crippen molar-refractivity contribution in [2.75, 3.05) is 59.5 Å². The van der Waals surface area contributed by atoms with Gasteiger partial charge in [-0.2, -0.15) is 0 Å². The van der Waals surface area contributed by atoms with Crippen molar-refractivity contribution in [1.29, 1.82) is 0 Å². The van der Waals surface area contributed by atoms with Crippen molar-refractivity contribution in [3.63, 3.8) is 0 Å². The summed E-state index contributed by atoms with van der Waals surface area (Å²) in [6.45, 7) is -0.892. The van der Waals surface area contributed by atoms with Crippen LogP contribution in [0.3, 0.4) is 0 Å². The van der Waals surface area contributed by atoms with Gasteiger partial charge in [-0.05, 0) is 26.2 Å². The van der Waals surface area contributed by atoms with Crippen molar-refractivity contribution in [3.8, 4) is 0 Å². The Balaban J connectivity index is 0.969. The number of carbonyl (C=O) groups excluding carboxylic acids is 4. The van der Waals surface area contributed by atoms with E-state index >= 15 is 0 Å². The van der Waals surface area contributed by atoms with Crippen LogP contribution in [-0.2, 0) is 104 Å². The number of nitrogens with one attached hydrogen (secondary N) is 4. The number of hydrogen-bond donors (Lipinski definition) is 29. The minimum atomic E-state index is -2.60. The van der Waals surface area contributed by atoms with Gasteiger partial charge in [0.2, 0.25) is 23.6 Å². The number of unbranched alkanes of at least 4 members (excludes halogenated alkanes) is 23. The Morgan fingerprint density at radius 2 is 0.607 bits per heavy atom. The van der Waals surface area contributed by atoms with Gasteiger partial charge in [-0.25, -0.2) is 0 Å². The zero-order chi connectivity index (χ0) is 106. The third-order valence-electron chi connectivity index (χ3n) is 27.9. The standard InChI is InChI=1S/C94H166N4O47/c1-7-9-11-13-15-17-19-21-23-25-27-29-31-33-49(109)48(98-58(110)34-32-30-28-26-24-22-20-18-16-14-12-10-8-2)42-128-89-76(125)73(122)80(56(41-105)137-89)140-92-77(126)83(67(116)54(39-103)134-92)143-87-60(96-46(5)107)81(65(114)52(37-101)131-87)141-93-78(127)84(68(117)57(138-93)43-129-86-59(95-45(4)106)69(118)79(55(40-104)136-86)139-91-75(124)71(120)63(112)50(35-99)133-91)144-88-61(97-47(6)108)82(66(115)53(38-102)132-88)142-94-85(72(121)64(113)51(36-100)135-94)145-90-74(123)70(119)62(111)44(3)130-90/h31,33,44,48-57,59-94,99-105,109,111-127H,7-30,32,34-43H2,1-6H3,(H,95,106)(H,96,107)(H,97,108)(H,98,110)/b33-31+/t44?,48-,49+,50?,51?,52?,53?,54?,55?,56?,57?,59?,60?,61?,62+,63-,64-,65+,66+,67-,68-,69+,70?,71-,72-,73+,74-,75?,76?,77?,78?,79+,80+,81+,82+,83-,84-,85?,86+,87-,88-,89+,90+,91-,92-,93-,94-/m0/s1. The molecule has 0 spiro atoms. The predicted octanol–water partition coefficient (Wildman–Crippen LogP) is -8.56. The fraction of sp³-hybridized carbons (Fsp3) is 0.936. The number of allylic oxidation sites excluding steroid dienone is 1. The average Bonchev–Trinajstić information content (AvgIpc) is 0.758. The van der Waals surface area contributed by atoms with E-state index in [0.717, 1.165) is 85.0 Å². The van der Waals surface area contributed by atoms with Crippen molar-refractivity contribution >= 4 is 23.6 Å². The molecular formula is C94H166N4O47. The molecule has 0 aromatic heterocycles. The summed E-state index contributed by atoms with van der Waals surface area (Å²) in [6.07, 6.45) is -57.5. The molecule has 0 aliphatic carbocycles. The van der Waals surface area contributed by atoms with Crippen molar-refractivity contribution in [3.05, 3.63) is 12.2 Å². The average molecular weight is 2100 g/mol. The Bertz CT molecular complexity index is 3690. The molecule has 9 aliphatic rings. The number of amides is 4. The number of aliphatic hydroxyl groups is 25. The van der Waals surface area contributed by atoms with Crippen LogP contribution in [0.25, 0.3) is 0 Å². The van der Waals surface area contributed by atoms with E-state index in [1.807, 2.05) is 6.08 Å².